The molecule has 2 amide bonds. The molecule has 2 rings (SSSR count). The number of amides is 2. The van der Waals surface area contributed by atoms with E-state index in [1.165, 1.54) is 26.2 Å². The molecule has 0 aliphatic carbocycles. The fourth-order valence-corrected chi connectivity index (χ4v) is 2.58. The maximum Gasteiger partial charge on any atom is 0.353 e. The minimum absolute atomic E-state index is 0.00954. The maximum absolute atomic E-state index is 12.9. The van der Waals surface area contributed by atoms with Gasteiger partial charge in [0.1, 0.15) is 17.3 Å². The molecule has 11 heteroatoms. The zero-order valence-electron chi connectivity index (χ0n) is 21.7. The largest absolute Gasteiger partial charge is 0.457 e. The van der Waals surface area contributed by atoms with Crippen molar-refractivity contribution in [1.29, 1.82) is 0 Å². The number of carbonyl (C=O) groups excluding carboxylic acids is 3. The van der Waals surface area contributed by atoms with E-state index in [1.54, 1.807) is 6.92 Å². The second kappa shape index (κ2) is 7.74. The molecule has 1 aliphatic heterocycles. The van der Waals surface area contributed by atoms with Gasteiger partial charge in [-0.3, -0.25) is 9.59 Å². The maximum atomic E-state index is 12.9. The number of esters is 1. The van der Waals surface area contributed by atoms with Gasteiger partial charge in [-0.25, -0.2) is 9.78 Å². The summed E-state index contributed by atoms with van der Waals surface area (Å²) in [5, 5.41) is 9.63. The summed E-state index contributed by atoms with van der Waals surface area (Å²) in [6.45, 7) is -1.37. The number of anilines is 1. The van der Waals surface area contributed by atoms with Crippen LogP contribution in [0.5, 0.6) is 0 Å². The highest BCUT2D eigenvalue weighted by Gasteiger charge is 2.39. The number of β-lactam (4-membered cyclic amide) rings is 1. The van der Waals surface area contributed by atoms with Crippen LogP contribution in [0.1, 0.15) is 55.3 Å². The Morgan fingerprint density at radius 1 is 1.43 bits per heavy atom. The minimum atomic E-state index is -3.60. The number of rotatable bonds is 6. The molecule has 10 nitrogen and oxygen atoms in total. The molecule has 0 saturated carbocycles. The van der Waals surface area contributed by atoms with Crippen molar-refractivity contribution in [3.8, 4) is 0 Å². The van der Waals surface area contributed by atoms with Crippen molar-refractivity contribution < 1.29 is 32.2 Å². The lowest BCUT2D eigenvalue weighted by Gasteiger charge is -2.34. The zero-order valence-corrected chi connectivity index (χ0v) is 16.5. The molecule has 1 aromatic heterocycles. The number of ether oxygens (including phenoxy) is 1. The summed E-state index contributed by atoms with van der Waals surface area (Å²) in [7, 11) is 0. The van der Waals surface area contributed by atoms with E-state index in [2.05, 4.69) is 20.8 Å². The number of hydrogen-bond donors (Lipinski definition) is 3. The van der Waals surface area contributed by atoms with Crippen molar-refractivity contribution in [3.63, 3.8) is 0 Å². The first kappa shape index (κ1) is 14.3. The van der Waals surface area contributed by atoms with Crippen molar-refractivity contribution in [2.45, 2.75) is 64.7 Å². The van der Waals surface area contributed by atoms with Crippen LogP contribution >= 0.6 is 11.3 Å². The van der Waals surface area contributed by atoms with Crippen LogP contribution in [0.15, 0.2) is 10.5 Å². The molecule has 0 spiro atoms. The van der Waals surface area contributed by atoms with Crippen LogP contribution in [0.25, 0.3) is 0 Å². The first-order chi connectivity index (χ1) is 15.3. The molecule has 4 N–H and O–H groups in total. The molecule has 28 heavy (non-hydrogen) atoms. The number of nitrogen functional groups attached to an aromatic ring is 1. The Labute approximate surface area is 175 Å². The number of nitrogens with two attached hydrogens (primary N) is 1. The second-order valence-electron chi connectivity index (χ2n) is 7.03. The predicted octanol–water partition coefficient (Wildman–Crippen LogP) is 0.569. The van der Waals surface area contributed by atoms with Gasteiger partial charge in [-0.1, -0.05) is 5.16 Å². The van der Waals surface area contributed by atoms with E-state index in [1.807, 2.05) is 0 Å². The Balaban J connectivity index is 2.58. The minimum Gasteiger partial charge on any atom is -0.457 e. The van der Waals surface area contributed by atoms with Crippen LogP contribution in [0.2, 0.25) is 0 Å². The summed E-state index contributed by atoms with van der Waals surface area (Å²) in [4.78, 5) is 46.3. The first-order valence-electron chi connectivity index (χ1n) is 11.1. The van der Waals surface area contributed by atoms with Crippen molar-refractivity contribution >= 4 is 40.0 Å². The second-order valence-corrected chi connectivity index (χ2v) is 7.92. The highest BCUT2D eigenvalue weighted by molar-refractivity contribution is 7.13. The van der Waals surface area contributed by atoms with Crippen LogP contribution in [0.3, 0.4) is 0 Å². The molecule has 1 aromatic rings. The third kappa shape index (κ3) is 5.18. The fourth-order valence-electron chi connectivity index (χ4n) is 2.03. The number of nitrogens with one attached hydrogen (secondary N) is 2. The molecule has 154 valence electrons. The fraction of sp³-hybridized carbons (Fsp3) is 0.588. The van der Waals surface area contributed by atoms with Gasteiger partial charge in [0.05, 0.1) is 6.04 Å². The van der Waals surface area contributed by atoms with Gasteiger partial charge >= 0.3 is 5.97 Å². The van der Waals surface area contributed by atoms with Crippen LogP contribution in [0, 0.1) is 0 Å². The van der Waals surface area contributed by atoms with Crippen molar-refractivity contribution in [1.82, 2.24) is 15.6 Å². The molecule has 1 aliphatic rings. The third-order valence-corrected chi connectivity index (χ3v) is 4.05. The molecule has 0 bridgehead atoms. The predicted molar refractivity (Wildman–Crippen MR) is 104 cm³/mol. The molecule has 0 unspecified atom stereocenters. The van der Waals surface area contributed by atoms with Gasteiger partial charge in [0.15, 0.2) is 10.8 Å². The van der Waals surface area contributed by atoms with Crippen LogP contribution in [0.4, 0.5) is 5.13 Å². The molecule has 2 atom stereocenters. The van der Waals surface area contributed by atoms with Crippen LogP contribution < -0.4 is 16.4 Å². The summed E-state index contributed by atoms with van der Waals surface area (Å²) in [5.74, 6) is -3.24. The van der Waals surface area contributed by atoms with Gasteiger partial charge in [0, 0.05) is 13.6 Å². The number of nitrogens with zero attached hydrogens (tertiary/aromatic N) is 2. The smallest absolute Gasteiger partial charge is 0.353 e. The van der Waals surface area contributed by atoms with E-state index < -0.39 is 60.5 Å². The van der Waals surface area contributed by atoms with Gasteiger partial charge in [-0.15, -0.1) is 11.3 Å². The van der Waals surface area contributed by atoms with E-state index in [-0.39, 0.29) is 10.8 Å². The Morgan fingerprint density at radius 2 is 2.11 bits per heavy atom. The summed E-state index contributed by atoms with van der Waals surface area (Å²) in [6, 6.07) is -1.35. The molecule has 0 aromatic carbocycles. The summed E-state index contributed by atoms with van der Waals surface area (Å²) >= 11 is 0.906. The van der Waals surface area contributed by atoms with E-state index in [4.69, 9.17) is 23.5 Å². The topological polar surface area (TPSA) is 145 Å². The average Bonchev–Trinajstić information content (AvgIpc) is 3.05. The van der Waals surface area contributed by atoms with Gasteiger partial charge in [0.25, 0.3) is 5.91 Å². The van der Waals surface area contributed by atoms with Crippen LogP contribution in [-0.2, 0) is 24.0 Å². The summed E-state index contributed by atoms with van der Waals surface area (Å²) < 4.78 is 51.8. The van der Waals surface area contributed by atoms with E-state index in [9.17, 15) is 14.4 Å². The molecule has 1 saturated heterocycles. The lowest BCUT2D eigenvalue weighted by Crippen LogP contribution is -2.68. The Kier molecular flexibility index (Phi) is 3.96. The highest BCUT2D eigenvalue weighted by Crippen LogP contribution is 2.19. The monoisotopic (exact) mass is 417 g/mol. The molecular formula is C17H25N5O5S. The lowest BCUT2D eigenvalue weighted by atomic mass is 10.0. The number of aromatic nitrogens is 1. The van der Waals surface area contributed by atoms with Crippen molar-refractivity contribution in [3.05, 3.63) is 11.1 Å². The number of hydrogen-bond acceptors (Lipinski definition) is 9. The number of thiazole rings is 1. The van der Waals surface area contributed by atoms with E-state index >= 15 is 0 Å². The zero-order chi connectivity index (χ0) is 26.3. The van der Waals surface area contributed by atoms with Crippen molar-refractivity contribution in [2.24, 2.45) is 5.16 Å². The highest BCUT2D eigenvalue weighted by atomic mass is 32.1. The van der Waals surface area contributed by atoms with Crippen molar-refractivity contribution in [2.75, 3.05) is 5.73 Å². The molecule has 0 radical (unpaired) electrons. The average molecular weight is 418 g/mol. The number of carbonyl (C=O) groups is 3. The Bertz CT molecular complexity index is 986. The molecule has 2 heterocycles. The molecular weight excluding hydrogens is 386 g/mol. The van der Waals surface area contributed by atoms with Gasteiger partial charge in [0.2, 0.25) is 11.5 Å². The normalized spacial score (nSPS) is 24.1. The summed E-state index contributed by atoms with van der Waals surface area (Å²) in [6.07, 6.45) is 0. The van der Waals surface area contributed by atoms with E-state index in [0.717, 1.165) is 11.3 Å². The van der Waals surface area contributed by atoms with Gasteiger partial charge in [-0.05, 0) is 41.4 Å². The molecule has 1 fully saturated rings. The number of oxime groups is 1. The third-order valence-electron chi connectivity index (χ3n) is 3.38. The van der Waals surface area contributed by atoms with Crippen LogP contribution in [-0.4, -0.2) is 51.8 Å². The van der Waals surface area contributed by atoms with Gasteiger partial charge < -0.3 is 25.9 Å². The standard InChI is InChI=1S/C17H25N5O5S/c1-8-10(12(23)19-8)21-13(24)11(9-7-28-15(18)20-9)22-27-17(5,6)14(25)26-16(2,3)4/h7-8,10H,1-6H3,(H2,18,20)(H,19,23)(H,21,24)/b22-11-/t8-,10-/m0/s1/i5D3,6D3. The SMILES string of the molecule is [2H]C([2H])([2H])C(O/N=C(\C(=O)N[C@@H]1C(=O)N[C@H]1C)c1csc(N)n1)(C(=O)OC(C)(C)C)C([2H])([2H])[2H]. The first-order valence-corrected chi connectivity index (χ1v) is 9.00. The lowest BCUT2D eigenvalue weighted by molar-refractivity contribution is -0.179. The van der Waals surface area contributed by atoms with E-state index in [0.29, 0.717) is 0 Å². The Hall–Kier alpha value is -2.69. The Morgan fingerprint density at radius 3 is 2.57 bits per heavy atom. The van der Waals surface area contributed by atoms with Gasteiger partial charge in [-0.2, -0.15) is 0 Å². The quantitative estimate of drug-likeness (QED) is 0.265. The summed E-state index contributed by atoms with van der Waals surface area (Å²) in [5.41, 5.74) is -0.144.